The fourth-order valence-electron chi connectivity index (χ4n) is 2.55. The van der Waals surface area contributed by atoms with Gasteiger partial charge in [-0.3, -0.25) is 4.79 Å². The molecule has 0 saturated carbocycles. The van der Waals surface area contributed by atoms with Crippen LogP contribution in [0.15, 0.2) is 28.7 Å². The summed E-state index contributed by atoms with van der Waals surface area (Å²) < 4.78 is 31.0. The average molecular weight is 430 g/mol. The summed E-state index contributed by atoms with van der Waals surface area (Å²) in [5, 5.41) is 13.5. The molecule has 0 aliphatic carbocycles. The summed E-state index contributed by atoms with van der Waals surface area (Å²) in [4.78, 5) is 13.9. The van der Waals surface area contributed by atoms with Gasteiger partial charge in [0.05, 0.1) is 18.9 Å². The van der Waals surface area contributed by atoms with Crippen molar-refractivity contribution in [3.8, 4) is 0 Å². The molecule has 1 unspecified atom stereocenters. The van der Waals surface area contributed by atoms with Crippen LogP contribution in [-0.4, -0.2) is 65.3 Å². The van der Waals surface area contributed by atoms with Gasteiger partial charge in [0.2, 0.25) is 11.7 Å². The van der Waals surface area contributed by atoms with Crippen LogP contribution in [-0.2, 0) is 25.1 Å². The molecule has 1 fully saturated rings. The molecule has 25 heavy (non-hydrogen) atoms. The highest BCUT2D eigenvalue weighted by Gasteiger charge is 2.30. The minimum Gasteiger partial charge on any atom is -0.366 e. The van der Waals surface area contributed by atoms with Crippen molar-refractivity contribution in [2.75, 3.05) is 25.4 Å². The van der Waals surface area contributed by atoms with Crippen molar-refractivity contribution in [1.29, 1.82) is 0 Å². The number of nitrogens with zero attached hydrogens (tertiary/aromatic N) is 4. The van der Waals surface area contributed by atoms with E-state index in [-0.39, 0.29) is 18.9 Å². The second kappa shape index (κ2) is 7.58. The Morgan fingerprint density at radius 1 is 1.44 bits per heavy atom. The van der Waals surface area contributed by atoms with Crippen LogP contribution in [0.25, 0.3) is 0 Å². The molecule has 1 amide bonds. The fraction of sp³-hybridized carbons (Fsp3) is 0.429. The van der Waals surface area contributed by atoms with Crippen molar-refractivity contribution in [2.45, 2.75) is 11.9 Å². The number of amides is 1. The van der Waals surface area contributed by atoms with E-state index >= 15 is 0 Å². The predicted octanol–water partition coefficient (Wildman–Crippen LogP) is 0.477. The first-order chi connectivity index (χ1) is 11.9. The molecule has 1 aromatic carbocycles. The maximum atomic E-state index is 12.4. The number of hydrogen-bond donors (Lipinski definition) is 1. The number of H-pyrrole nitrogens is 1. The molecule has 1 N–H and O–H groups in total. The van der Waals surface area contributed by atoms with E-state index in [1.165, 1.54) is 4.90 Å². The highest BCUT2D eigenvalue weighted by Crippen LogP contribution is 2.19. The molecular weight excluding hydrogens is 414 g/mol. The lowest BCUT2D eigenvalue weighted by Gasteiger charge is -2.31. The summed E-state index contributed by atoms with van der Waals surface area (Å²) in [7, 11) is -3.57. The van der Waals surface area contributed by atoms with Gasteiger partial charge in [-0.15, -0.1) is 10.2 Å². The van der Waals surface area contributed by atoms with E-state index in [0.29, 0.717) is 17.9 Å². The number of ether oxygens (including phenoxy) is 1. The van der Waals surface area contributed by atoms with Crippen molar-refractivity contribution in [1.82, 2.24) is 25.5 Å². The second-order valence-electron chi connectivity index (χ2n) is 5.63. The fourth-order valence-corrected chi connectivity index (χ4v) is 4.34. The summed E-state index contributed by atoms with van der Waals surface area (Å²) in [6, 6.07) is 7.01. The molecule has 2 aromatic rings. The third-order valence-corrected chi connectivity index (χ3v) is 5.64. The first kappa shape index (κ1) is 18.0. The first-order valence-corrected chi connectivity index (χ1v) is 10.1. The van der Waals surface area contributed by atoms with Crippen molar-refractivity contribution >= 4 is 31.7 Å². The number of rotatable bonds is 5. The molecule has 1 aliphatic heterocycles. The standard InChI is InChI=1S/C14H16BrN5O4S/c15-11-3-1-2-10(6-11)8-25(22,23)9-13(21)20-4-5-24-12(7-20)14-16-18-19-17-14/h1-3,6,12H,4-5,7-9H2,(H,16,17,18,19). The molecule has 0 bridgehead atoms. The van der Waals surface area contributed by atoms with Crippen LogP contribution in [0.2, 0.25) is 0 Å². The van der Waals surface area contributed by atoms with Gasteiger partial charge >= 0.3 is 0 Å². The zero-order chi connectivity index (χ0) is 17.9. The Morgan fingerprint density at radius 3 is 3.00 bits per heavy atom. The number of aromatic nitrogens is 4. The largest absolute Gasteiger partial charge is 0.366 e. The number of aromatic amines is 1. The van der Waals surface area contributed by atoms with Crippen LogP contribution in [0, 0.1) is 0 Å². The van der Waals surface area contributed by atoms with E-state index < -0.39 is 27.6 Å². The van der Waals surface area contributed by atoms with Gasteiger partial charge < -0.3 is 9.64 Å². The Kier molecular flexibility index (Phi) is 5.45. The number of morpholine rings is 1. The van der Waals surface area contributed by atoms with Crippen molar-refractivity contribution in [3.63, 3.8) is 0 Å². The van der Waals surface area contributed by atoms with Gasteiger partial charge in [0, 0.05) is 11.0 Å². The minimum absolute atomic E-state index is 0.184. The van der Waals surface area contributed by atoms with Crippen LogP contribution < -0.4 is 0 Å². The summed E-state index contributed by atoms with van der Waals surface area (Å²) in [6.45, 7) is 0.820. The number of tetrazole rings is 1. The molecule has 1 atom stereocenters. The lowest BCUT2D eigenvalue weighted by molar-refractivity contribution is -0.136. The zero-order valence-corrected chi connectivity index (χ0v) is 15.5. The van der Waals surface area contributed by atoms with Gasteiger partial charge in [0.15, 0.2) is 9.84 Å². The highest BCUT2D eigenvalue weighted by atomic mass is 79.9. The Labute approximate surface area is 152 Å². The number of hydrogen-bond acceptors (Lipinski definition) is 7. The lowest BCUT2D eigenvalue weighted by Crippen LogP contribution is -2.45. The summed E-state index contributed by atoms with van der Waals surface area (Å²) in [6.07, 6.45) is -0.510. The van der Waals surface area contributed by atoms with E-state index in [0.717, 1.165) is 4.47 Å². The number of carbonyl (C=O) groups is 1. The van der Waals surface area contributed by atoms with Gasteiger partial charge in [-0.1, -0.05) is 33.3 Å². The molecular formula is C14H16BrN5O4S. The lowest BCUT2D eigenvalue weighted by atomic mass is 10.2. The normalized spacial score (nSPS) is 18.3. The number of nitrogens with one attached hydrogen (secondary N) is 1. The Balaban J connectivity index is 1.62. The summed E-state index contributed by atoms with van der Waals surface area (Å²) >= 11 is 3.31. The molecule has 3 rings (SSSR count). The van der Waals surface area contributed by atoms with Gasteiger partial charge in [-0.25, -0.2) is 8.42 Å². The Bertz CT molecular complexity index is 843. The van der Waals surface area contributed by atoms with Crippen molar-refractivity contribution in [3.05, 3.63) is 40.1 Å². The highest BCUT2D eigenvalue weighted by molar-refractivity contribution is 9.10. The molecule has 0 spiro atoms. The summed E-state index contributed by atoms with van der Waals surface area (Å²) in [5.41, 5.74) is 0.633. The zero-order valence-electron chi connectivity index (χ0n) is 13.1. The van der Waals surface area contributed by atoms with Crippen molar-refractivity contribution in [2.24, 2.45) is 0 Å². The van der Waals surface area contributed by atoms with Gasteiger partial charge in [-0.05, 0) is 17.7 Å². The van der Waals surface area contributed by atoms with E-state index in [1.54, 1.807) is 18.2 Å². The van der Waals surface area contributed by atoms with E-state index in [1.807, 2.05) is 6.07 Å². The Hall–Kier alpha value is -1.85. The first-order valence-electron chi connectivity index (χ1n) is 7.50. The van der Waals surface area contributed by atoms with E-state index in [4.69, 9.17) is 4.74 Å². The molecule has 134 valence electrons. The van der Waals surface area contributed by atoms with Gasteiger partial charge in [-0.2, -0.15) is 5.21 Å². The third-order valence-electron chi connectivity index (χ3n) is 3.69. The molecule has 9 nitrogen and oxygen atoms in total. The van der Waals surface area contributed by atoms with Crippen molar-refractivity contribution < 1.29 is 17.9 Å². The average Bonchev–Trinajstić information content (AvgIpc) is 3.08. The third kappa shape index (κ3) is 4.83. The van der Waals surface area contributed by atoms with Gasteiger partial charge in [0.1, 0.15) is 11.9 Å². The number of benzene rings is 1. The van der Waals surface area contributed by atoms with Crippen LogP contribution in [0.3, 0.4) is 0 Å². The van der Waals surface area contributed by atoms with Crippen LogP contribution in [0.5, 0.6) is 0 Å². The summed E-state index contributed by atoms with van der Waals surface area (Å²) in [5.74, 6) is -0.837. The maximum Gasteiger partial charge on any atom is 0.237 e. The monoisotopic (exact) mass is 429 g/mol. The quantitative estimate of drug-likeness (QED) is 0.733. The van der Waals surface area contributed by atoms with E-state index in [2.05, 4.69) is 36.6 Å². The van der Waals surface area contributed by atoms with Crippen LogP contribution in [0.4, 0.5) is 0 Å². The Morgan fingerprint density at radius 2 is 2.28 bits per heavy atom. The smallest absolute Gasteiger partial charge is 0.237 e. The number of halogens is 1. The SMILES string of the molecule is O=C(CS(=O)(=O)Cc1cccc(Br)c1)N1CCOC(c2nn[nH]n2)C1. The van der Waals surface area contributed by atoms with Crippen LogP contribution >= 0.6 is 15.9 Å². The number of sulfone groups is 1. The predicted molar refractivity (Wildman–Crippen MR) is 91.1 cm³/mol. The molecule has 1 aromatic heterocycles. The maximum absolute atomic E-state index is 12.4. The molecule has 1 aliphatic rings. The number of carbonyl (C=O) groups excluding carboxylic acids is 1. The topological polar surface area (TPSA) is 118 Å². The molecule has 1 saturated heterocycles. The second-order valence-corrected chi connectivity index (χ2v) is 8.61. The molecule has 0 radical (unpaired) electrons. The molecule has 2 heterocycles. The van der Waals surface area contributed by atoms with Gasteiger partial charge in [0.25, 0.3) is 0 Å². The molecule has 11 heteroatoms. The van der Waals surface area contributed by atoms with Crippen LogP contribution in [0.1, 0.15) is 17.5 Å². The minimum atomic E-state index is -3.57. The van der Waals surface area contributed by atoms with E-state index in [9.17, 15) is 13.2 Å².